The van der Waals surface area contributed by atoms with Gasteiger partial charge < -0.3 is 4.90 Å². The van der Waals surface area contributed by atoms with Gasteiger partial charge in [0.2, 0.25) is 5.91 Å². The molecule has 0 bridgehead atoms. The molecule has 0 saturated carbocycles. The molecule has 122 valence electrons. The van der Waals surface area contributed by atoms with E-state index in [1.165, 1.54) is 17.0 Å². The third kappa shape index (κ3) is 4.53. The Balaban J connectivity index is 2.11. The number of rotatable bonds is 5. The summed E-state index contributed by atoms with van der Waals surface area (Å²) in [7, 11) is -0.423. The van der Waals surface area contributed by atoms with Gasteiger partial charge in [-0.05, 0) is 42.0 Å². The smallest absolute Gasteiger partial charge is 0.261 e. The first kappa shape index (κ1) is 17.0. The summed E-state index contributed by atoms with van der Waals surface area (Å²) < 4.78 is 39.6. The van der Waals surface area contributed by atoms with E-state index in [1.54, 1.807) is 38.4 Å². The van der Waals surface area contributed by atoms with Crippen LogP contribution in [0.25, 0.3) is 0 Å². The Labute approximate surface area is 134 Å². The number of nitrogens with zero attached hydrogens (tertiary/aromatic N) is 1. The van der Waals surface area contributed by atoms with Gasteiger partial charge in [-0.3, -0.25) is 9.52 Å². The molecule has 0 spiro atoms. The molecule has 0 saturated heterocycles. The molecular formula is C16H17FN2O3S. The van der Waals surface area contributed by atoms with E-state index in [2.05, 4.69) is 4.72 Å². The quantitative estimate of drug-likeness (QED) is 0.911. The number of amides is 1. The average molecular weight is 336 g/mol. The SMILES string of the molecule is CN(C)C(=O)Cc1ccc(NS(=O)(=O)c2ccc(F)cc2)cc1. The number of nitrogens with one attached hydrogen (secondary N) is 1. The van der Waals surface area contributed by atoms with Crippen molar-refractivity contribution in [1.82, 2.24) is 4.90 Å². The molecule has 23 heavy (non-hydrogen) atoms. The maximum atomic E-state index is 12.9. The van der Waals surface area contributed by atoms with Crippen molar-refractivity contribution in [1.29, 1.82) is 0 Å². The molecule has 0 aliphatic carbocycles. The largest absolute Gasteiger partial charge is 0.349 e. The Morgan fingerprint density at radius 2 is 1.61 bits per heavy atom. The van der Waals surface area contributed by atoms with Crippen molar-refractivity contribution < 1.29 is 17.6 Å². The van der Waals surface area contributed by atoms with Crippen molar-refractivity contribution in [2.45, 2.75) is 11.3 Å². The van der Waals surface area contributed by atoms with Gasteiger partial charge in [-0.1, -0.05) is 12.1 Å². The van der Waals surface area contributed by atoms with Crippen LogP contribution >= 0.6 is 0 Å². The van der Waals surface area contributed by atoms with Gasteiger partial charge in [-0.25, -0.2) is 12.8 Å². The topological polar surface area (TPSA) is 66.5 Å². The molecule has 0 unspecified atom stereocenters. The molecule has 0 aromatic heterocycles. The Hall–Kier alpha value is -2.41. The first-order valence-corrected chi connectivity index (χ1v) is 8.34. The molecule has 7 heteroatoms. The summed E-state index contributed by atoms with van der Waals surface area (Å²) in [5.74, 6) is -0.538. The predicted octanol–water partition coefficient (Wildman–Crippen LogP) is 2.26. The molecule has 0 atom stereocenters. The highest BCUT2D eigenvalue weighted by Gasteiger charge is 2.14. The van der Waals surface area contributed by atoms with Crippen molar-refractivity contribution in [3.8, 4) is 0 Å². The van der Waals surface area contributed by atoms with E-state index >= 15 is 0 Å². The number of carbonyl (C=O) groups excluding carboxylic acids is 1. The maximum Gasteiger partial charge on any atom is 0.261 e. The van der Waals surface area contributed by atoms with Crippen molar-refractivity contribution in [3.05, 3.63) is 59.9 Å². The molecule has 2 rings (SSSR count). The van der Waals surface area contributed by atoms with Crippen LogP contribution in [0, 0.1) is 5.82 Å². The highest BCUT2D eigenvalue weighted by atomic mass is 32.2. The van der Waals surface area contributed by atoms with E-state index in [4.69, 9.17) is 0 Å². The van der Waals surface area contributed by atoms with Crippen LogP contribution in [0.15, 0.2) is 53.4 Å². The zero-order chi connectivity index (χ0) is 17.0. The number of carbonyl (C=O) groups is 1. The molecule has 0 heterocycles. The lowest BCUT2D eigenvalue weighted by Gasteiger charge is -2.11. The summed E-state index contributed by atoms with van der Waals surface area (Å²) in [5, 5.41) is 0. The first-order chi connectivity index (χ1) is 10.8. The third-order valence-corrected chi connectivity index (χ3v) is 4.58. The molecule has 1 amide bonds. The lowest BCUT2D eigenvalue weighted by atomic mass is 10.1. The number of anilines is 1. The molecule has 2 aromatic rings. The Bertz CT molecular complexity index is 785. The highest BCUT2D eigenvalue weighted by molar-refractivity contribution is 7.92. The van der Waals surface area contributed by atoms with Crippen LogP contribution in [0.5, 0.6) is 0 Å². The summed E-state index contributed by atoms with van der Waals surface area (Å²) >= 11 is 0. The number of sulfonamides is 1. The fourth-order valence-corrected chi connectivity index (χ4v) is 2.91. The van der Waals surface area contributed by atoms with Crippen molar-refractivity contribution in [3.63, 3.8) is 0 Å². The number of halogens is 1. The van der Waals surface area contributed by atoms with E-state index < -0.39 is 15.8 Å². The summed E-state index contributed by atoms with van der Waals surface area (Å²) in [6.07, 6.45) is 0.248. The molecule has 0 radical (unpaired) electrons. The van der Waals surface area contributed by atoms with Gasteiger partial charge in [0.05, 0.1) is 11.3 Å². The van der Waals surface area contributed by atoms with Crippen molar-refractivity contribution in [2.24, 2.45) is 0 Å². The lowest BCUT2D eigenvalue weighted by molar-refractivity contribution is -0.127. The van der Waals surface area contributed by atoms with Crippen LogP contribution < -0.4 is 4.72 Å². The second-order valence-electron chi connectivity index (χ2n) is 5.22. The fourth-order valence-electron chi connectivity index (χ4n) is 1.85. The van der Waals surface area contributed by atoms with Crippen LogP contribution in [0.3, 0.4) is 0 Å². The molecular weight excluding hydrogens is 319 g/mol. The van der Waals surface area contributed by atoms with Gasteiger partial charge in [-0.15, -0.1) is 0 Å². The Morgan fingerprint density at radius 3 is 2.13 bits per heavy atom. The van der Waals surface area contributed by atoms with Crippen LogP contribution in [0.1, 0.15) is 5.56 Å². The third-order valence-electron chi connectivity index (χ3n) is 3.18. The fraction of sp³-hybridized carbons (Fsp3) is 0.188. The van der Waals surface area contributed by atoms with Gasteiger partial charge in [0.1, 0.15) is 5.82 Å². The molecule has 0 aliphatic heterocycles. The monoisotopic (exact) mass is 336 g/mol. The standard InChI is InChI=1S/C16H17FN2O3S/c1-19(2)16(20)11-12-3-7-14(8-4-12)18-23(21,22)15-9-5-13(17)6-10-15/h3-10,18H,11H2,1-2H3. The van der Waals surface area contributed by atoms with E-state index in [0.29, 0.717) is 5.69 Å². The minimum atomic E-state index is -3.77. The van der Waals surface area contributed by atoms with Gasteiger partial charge in [0.15, 0.2) is 0 Å². The van der Waals surface area contributed by atoms with Crippen molar-refractivity contribution >= 4 is 21.6 Å². The van der Waals surface area contributed by atoms with Crippen LogP contribution in [-0.4, -0.2) is 33.3 Å². The van der Waals surface area contributed by atoms with Crippen LogP contribution in [-0.2, 0) is 21.2 Å². The van der Waals surface area contributed by atoms with E-state index in [-0.39, 0.29) is 17.2 Å². The molecule has 1 N–H and O–H groups in total. The minimum absolute atomic E-state index is 0.0224. The summed E-state index contributed by atoms with van der Waals surface area (Å²) in [5.41, 5.74) is 1.16. The molecule has 5 nitrogen and oxygen atoms in total. The second-order valence-corrected chi connectivity index (χ2v) is 6.90. The summed E-state index contributed by atoms with van der Waals surface area (Å²) in [6, 6.07) is 11.1. The molecule has 0 fully saturated rings. The van der Waals surface area contributed by atoms with Gasteiger partial charge in [0.25, 0.3) is 10.0 Å². The lowest BCUT2D eigenvalue weighted by Crippen LogP contribution is -2.23. The maximum absolute atomic E-state index is 12.9. The van der Waals surface area contributed by atoms with Gasteiger partial charge in [0, 0.05) is 19.8 Å². The first-order valence-electron chi connectivity index (χ1n) is 6.85. The zero-order valence-electron chi connectivity index (χ0n) is 12.8. The van der Waals surface area contributed by atoms with Crippen LogP contribution in [0.4, 0.5) is 10.1 Å². The van der Waals surface area contributed by atoms with E-state index in [9.17, 15) is 17.6 Å². The number of benzene rings is 2. The van der Waals surface area contributed by atoms with Gasteiger partial charge in [-0.2, -0.15) is 0 Å². The summed E-state index contributed by atoms with van der Waals surface area (Å²) in [6.45, 7) is 0. The van der Waals surface area contributed by atoms with Gasteiger partial charge >= 0.3 is 0 Å². The normalized spacial score (nSPS) is 11.1. The van der Waals surface area contributed by atoms with Crippen molar-refractivity contribution in [2.75, 3.05) is 18.8 Å². The number of hydrogen-bond acceptors (Lipinski definition) is 3. The summed E-state index contributed by atoms with van der Waals surface area (Å²) in [4.78, 5) is 13.1. The Kier molecular flexibility index (Phi) is 5.00. The predicted molar refractivity (Wildman–Crippen MR) is 86.0 cm³/mol. The molecule has 0 aliphatic rings. The van der Waals surface area contributed by atoms with E-state index in [1.807, 2.05) is 0 Å². The highest BCUT2D eigenvalue weighted by Crippen LogP contribution is 2.17. The Morgan fingerprint density at radius 1 is 1.04 bits per heavy atom. The van der Waals surface area contributed by atoms with Crippen LogP contribution in [0.2, 0.25) is 0 Å². The molecule has 2 aromatic carbocycles. The second kappa shape index (κ2) is 6.78. The number of likely N-dealkylation sites (N-methyl/N-ethyl adjacent to an activating group) is 1. The number of hydrogen-bond donors (Lipinski definition) is 1. The van der Waals surface area contributed by atoms with E-state index in [0.717, 1.165) is 17.7 Å². The average Bonchev–Trinajstić information content (AvgIpc) is 2.49. The zero-order valence-corrected chi connectivity index (χ0v) is 13.6. The minimum Gasteiger partial charge on any atom is -0.349 e.